The Kier molecular flexibility index (Phi) is 9.63. The van der Waals surface area contributed by atoms with Crippen LogP contribution in [0.5, 0.6) is 0 Å². The summed E-state index contributed by atoms with van der Waals surface area (Å²) in [6, 6.07) is 23.8. The van der Waals surface area contributed by atoms with Crippen molar-refractivity contribution in [1.82, 2.24) is 10.6 Å². The summed E-state index contributed by atoms with van der Waals surface area (Å²) in [5.74, 6) is -0.604. The summed E-state index contributed by atoms with van der Waals surface area (Å²) in [5.41, 5.74) is 3.89. The lowest BCUT2D eigenvalue weighted by atomic mass is 10.1. The van der Waals surface area contributed by atoms with Gasteiger partial charge in [-0.3, -0.25) is 4.79 Å². The number of urea groups is 1. The van der Waals surface area contributed by atoms with Crippen molar-refractivity contribution in [1.29, 1.82) is 0 Å². The van der Waals surface area contributed by atoms with E-state index in [4.69, 9.17) is 4.74 Å². The third-order valence-corrected chi connectivity index (χ3v) is 5.03. The zero-order chi connectivity index (χ0) is 24.9. The van der Waals surface area contributed by atoms with Crippen molar-refractivity contribution < 1.29 is 19.1 Å². The number of carbonyl (C=O) groups excluding carboxylic acids is 3. The molecule has 0 spiro atoms. The molecule has 0 heterocycles. The minimum atomic E-state index is -0.379. The van der Waals surface area contributed by atoms with Crippen LogP contribution in [0, 0.1) is 0 Å². The minimum Gasteiger partial charge on any atom is -0.463 e. The molecule has 3 N–H and O–H groups in total. The molecule has 0 saturated carbocycles. The van der Waals surface area contributed by atoms with Crippen molar-refractivity contribution in [3.63, 3.8) is 0 Å². The van der Waals surface area contributed by atoms with Crippen molar-refractivity contribution in [2.24, 2.45) is 0 Å². The topological polar surface area (TPSA) is 96.5 Å². The lowest BCUT2D eigenvalue weighted by Crippen LogP contribution is -2.28. The first-order valence-corrected chi connectivity index (χ1v) is 11.4. The molecular weight excluding hydrogens is 442 g/mol. The molecule has 0 fully saturated rings. The van der Waals surface area contributed by atoms with Crippen LogP contribution >= 0.6 is 0 Å². The predicted octanol–water partition coefficient (Wildman–Crippen LogP) is 4.56. The van der Waals surface area contributed by atoms with Crippen LogP contribution in [-0.4, -0.2) is 31.1 Å². The van der Waals surface area contributed by atoms with Crippen LogP contribution in [0.25, 0.3) is 6.08 Å². The predicted molar refractivity (Wildman–Crippen MR) is 137 cm³/mol. The Morgan fingerprint density at radius 1 is 0.857 bits per heavy atom. The molecule has 3 amide bonds. The van der Waals surface area contributed by atoms with Crippen LogP contribution < -0.4 is 16.0 Å². The largest absolute Gasteiger partial charge is 0.463 e. The molecule has 0 radical (unpaired) electrons. The van der Waals surface area contributed by atoms with Gasteiger partial charge in [0.25, 0.3) is 5.91 Å². The van der Waals surface area contributed by atoms with Gasteiger partial charge in [-0.1, -0.05) is 60.7 Å². The second-order valence-electron chi connectivity index (χ2n) is 7.71. The molecule has 0 unspecified atom stereocenters. The van der Waals surface area contributed by atoms with Gasteiger partial charge < -0.3 is 20.7 Å². The number of ether oxygens (including phenoxy) is 1. The molecule has 0 aliphatic carbocycles. The fourth-order valence-electron chi connectivity index (χ4n) is 3.32. The van der Waals surface area contributed by atoms with E-state index in [1.165, 1.54) is 6.08 Å². The number of nitrogens with one attached hydrogen (secondary N) is 3. The minimum absolute atomic E-state index is 0.225. The fourth-order valence-corrected chi connectivity index (χ4v) is 3.32. The van der Waals surface area contributed by atoms with Gasteiger partial charge in [0.05, 0.1) is 6.61 Å². The molecule has 3 aromatic rings. The number of amides is 3. The number of esters is 1. The van der Waals surface area contributed by atoms with E-state index in [0.29, 0.717) is 37.4 Å². The number of hydrogen-bond acceptors (Lipinski definition) is 4. The van der Waals surface area contributed by atoms with Gasteiger partial charge in [-0.25, -0.2) is 9.59 Å². The number of benzene rings is 3. The molecule has 180 valence electrons. The summed E-state index contributed by atoms with van der Waals surface area (Å²) < 4.78 is 4.89. The molecule has 0 saturated heterocycles. The summed E-state index contributed by atoms with van der Waals surface area (Å²) in [7, 11) is 0. The molecule has 35 heavy (non-hydrogen) atoms. The first-order valence-electron chi connectivity index (χ1n) is 11.4. The van der Waals surface area contributed by atoms with Gasteiger partial charge >= 0.3 is 12.0 Å². The number of hydrogen-bond donors (Lipinski definition) is 3. The van der Waals surface area contributed by atoms with Gasteiger partial charge in [0.1, 0.15) is 0 Å². The summed E-state index contributed by atoms with van der Waals surface area (Å²) in [5, 5.41) is 8.45. The van der Waals surface area contributed by atoms with Crippen LogP contribution in [0.1, 0.15) is 34.0 Å². The maximum Gasteiger partial charge on any atom is 0.330 e. The van der Waals surface area contributed by atoms with Crippen LogP contribution in [0.3, 0.4) is 0 Å². The number of carbonyl (C=O) groups is 3. The summed E-state index contributed by atoms with van der Waals surface area (Å²) in [6.45, 7) is 2.95. The lowest BCUT2D eigenvalue weighted by molar-refractivity contribution is -0.137. The highest BCUT2D eigenvalue weighted by Gasteiger charge is 2.08. The highest BCUT2D eigenvalue weighted by Crippen LogP contribution is 2.12. The Morgan fingerprint density at radius 2 is 1.63 bits per heavy atom. The molecule has 7 nitrogen and oxygen atoms in total. The normalized spacial score (nSPS) is 10.5. The molecule has 0 aliphatic rings. The van der Waals surface area contributed by atoms with Gasteiger partial charge in [-0.2, -0.15) is 0 Å². The smallest absolute Gasteiger partial charge is 0.330 e. The Hall–Kier alpha value is -4.39. The van der Waals surface area contributed by atoms with Crippen molar-refractivity contribution in [3.8, 4) is 0 Å². The average molecular weight is 472 g/mol. The summed E-state index contributed by atoms with van der Waals surface area (Å²) in [4.78, 5) is 36.2. The molecule has 3 aromatic carbocycles. The van der Waals surface area contributed by atoms with E-state index < -0.39 is 0 Å². The first kappa shape index (κ1) is 25.2. The Bertz CT molecular complexity index is 1180. The zero-order valence-corrected chi connectivity index (χ0v) is 19.6. The van der Waals surface area contributed by atoms with Gasteiger partial charge in [0.2, 0.25) is 0 Å². The monoisotopic (exact) mass is 471 g/mol. The van der Waals surface area contributed by atoms with E-state index in [1.54, 1.807) is 37.3 Å². The summed E-state index contributed by atoms with van der Waals surface area (Å²) in [6.07, 6.45) is 3.73. The van der Waals surface area contributed by atoms with Crippen LogP contribution in [0.4, 0.5) is 10.5 Å². The van der Waals surface area contributed by atoms with Crippen LogP contribution in [0.2, 0.25) is 0 Å². The van der Waals surface area contributed by atoms with Crippen molar-refractivity contribution in [2.75, 3.05) is 18.5 Å². The quantitative estimate of drug-likeness (QED) is 0.298. The Morgan fingerprint density at radius 3 is 2.43 bits per heavy atom. The molecule has 7 heteroatoms. The van der Waals surface area contributed by atoms with Gasteiger partial charge in [-0.05, 0) is 54.3 Å². The van der Waals surface area contributed by atoms with E-state index in [9.17, 15) is 14.4 Å². The third kappa shape index (κ3) is 8.81. The van der Waals surface area contributed by atoms with Gasteiger partial charge in [-0.15, -0.1) is 0 Å². The lowest BCUT2D eigenvalue weighted by Gasteiger charge is -2.10. The first-order chi connectivity index (χ1) is 17.0. The van der Waals surface area contributed by atoms with E-state index in [-0.39, 0.29) is 17.9 Å². The van der Waals surface area contributed by atoms with Crippen LogP contribution in [0.15, 0.2) is 84.9 Å². The summed E-state index contributed by atoms with van der Waals surface area (Å²) >= 11 is 0. The van der Waals surface area contributed by atoms with Gasteiger partial charge in [0.15, 0.2) is 0 Å². The van der Waals surface area contributed by atoms with E-state index in [1.807, 2.05) is 54.6 Å². The van der Waals surface area contributed by atoms with E-state index >= 15 is 0 Å². The molecule has 0 aliphatic heterocycles. The van der Waals surface area contributed by atoms with Crippen molar-refractivity contribution >= 4 is 29.7 Å². The van der Waals surface area contributed by atoms with Crippen molar-refractivity contribution in [3.05, 3.63) is 107 Å². The molecule has 0 bridgehead atoms. The van der Waals surface area contributed by atoms with Gasteiger partial charge in [0, 0.05) is 30.4 Å². The second kappa shape index (κ2) is 13.3. The Labute approximate surface area is 205 Å². The van der Waals surface area contributed by atoms with E-state index in [0.717, 1.165) is 16.7 Å². The maximum atomic E-state index is 12.6. The fraction of sp³-hybridized carbons (Fsp3) is 0.179. The van der Waals surface area contributed by atoms with Crippen LogP contribution in [-0.2, 0) is 22.5 Å². The molecular formula is C28H29N3O4. The number of anilines is 1. The third-order valence-electron chi connectivity index (χ3n) is 5.03. The molecule has 0 atom stereocenters. The maximum absolute atomic E-state index is 12.6. The van der Waals surface area contributed by atoms with E-state index in [2.05, 4.69) is 16.0 Å². The molecule has 0 aromatic heterocycles. The standard InChI is InChI=1S/C28H29N3O4/c1-2-35-26(32)15-14-21-10-6-11-22(18-21)16-17-29-27(33)24-12-7-13-25(19-24)31-28(34)30-20-23-8-4-3-5-9-23/h3-15,18-19H,2,16-17,20H2,1H3,(H,29,33)(H2,30,31,34). The van der Waals surface area contributed by atoms with Crippen molar-refractivity contribution in [2.45, 2.75) is 19.9 Å². The Balaban J connectivity index is 1.47. The molecule has 3 rings (SSSR count). The highest BCUT2D eigenvalue weighted by atomic mass is 16.5. The second-order valence-corrected chi connectivity index (χ2v) is 7.71. The highest BCUT2D eigenvalue weighted by molar-refractivity contribution is 5.96. The average Bonchev–Trinajstić information content (AvgIpc) is 2.87. The zero-order valence-electron chi connectivity index (χ0n) is 19.6. The number of rotatable bonds is 10. The SMILES string of the molecule is CCOC(=O)C=Cc1cccc(CCNC(=O)c2cccc(NC(=O)NCc3ccccc3)c2)c1.